The van der Waals surface area contributed by atoms with E-state index in [9.17, 15) is 14.7 Å². The summed E-state index contributed by atoms with van der Waals surface area (Å²) in [6.45, 7) is 2.10. The van der Waals surface area contributed by atoms with Crippen LogP contribution in [0, 0.1) is 0 Å². The Labute approximate surface area is 160 Å². The number of alkyl carbamates (subject to hydrolysis) is 1. The van der Waals surface area contributed by atoms with Gasteiger partial charge in [0.2, 0.25) is 0 Å². The van der Waals surface area contributed by atoms with Crippen LogP contribution in [0.3, 0.4) is 0 Å². The molecule has 0 saturated heterocycles. The van der Waals surface area contributed by atoms with Gasteiger partial charge in [-0.25, -0.2) is 4.79 Å². The van der Waals surface area contributed by atoms with Crippen molar-refractivity contribution in [1.29, 1.82) is 0 Å². The molecule has 0 unspecified atom stereocenters. The zero-order valence-electron chi connectivity index (χ0n) is 14.8. The lowest BCUT2D eigenvalue weighted by Gasteiger charge is -2.25. The minimum atomic E-state index is -1.16. The number of hydrogen-bond donors (Lipinski definition) is 2. The van der Waals surface area contributed by atoms with E-state index in [0.29, 0.717) is 17.4 Å². The van der Waals surface area contributed by atoms with Crippen LogP contribution in [-0.2, 0) is 14.9 Å². The summed E-state index contributed by atoms with van der Waals surface area (Å²) >= 11 is 3.20. The topological polar surface area (TPSA) is 84.9 Å². The molecule has 2 aromatic rings. The van der Waals surface area contributed by atoms with E-state index < -0.39 is 17.5 Å². The first kappa shape index (κ1) is 20.0. The molecule has 0 radical (unpaired) electrons. The fraction of sp³-hybridized carbons (Fsp3) is 0.368. The summed E-state index contributed by atoms with van der Waals surface area (Å²) in [4.78, 5) is 23.4. The third kappa shape index (κ3) is 4.66. The number of carbonyl (C=O) groups excluding carboxylic acids is 1. The normalized spacial score (nSPS) is 13.0. The van der Waals surface area contributed by atoms with Gasteiger partial charge in [0.05, 0.1) is 19.1 Å². The fourth-order valence-electron chi connectivity index (χ4n) is 2.62. The number of nitrogens with one attached hydrogen (secondary N) is 1. The van der Waals surface area contributed by atoms with Crippen molar-refractivity contribution in [2.75, 3.05) is 25.6 Å². The number of alkyl halides is 1. The van der Waals surface area contributed by atoms with E-state index in [4.69, 9.17) is 9.47 Å². The maximum atomic E-state index is 11.9. The van der Waals surface area contributed by atoms with Crippen LogP contribution in [0.1, 0.15) is 18.9 Å². The first-order valence-corrected chi connectivity index (χ1v) is 9.31. The smallest absolute Gasteiger partial charge is 0.407 e. The number of ether oxygens (including phenoxy) is 2. The summed E-state index contributed by atoms with van der Waals surface area (Å²) in [6, 6.07) is 11.1. The molecule has 1 atom stereocenters. The molecular formula is C19H22BrNO5. The van der Waals surface area contributed by atoms with Gasteiger partial charge in [-0.1, -0.05) is 40.2 Å². The van der Waals surface area contributed by atoms with Crippen LogP contribution >= 0.6 is 15.9 Å². The average Bonchev–Trinajstić information content (AvgIpc) is 2.65. The van der Waals surface area contributed by atoms with Crippen molar-refractivity contribution in [3.8, 4) is 5.75 Å². The number of hydrogen-bond acceptors (Lipinski definition) is 4. The van der Waals surface area contributed by atoms with Crippen molar-refractivity contribution in [1.82, 2.24) is 5.32 Å². The van der Waals surface area contributed by atoms with Gasteiger partial charge in [-0.3, -0.25) is 4.79 Å². The molecule has 0 aliphatic carbocycles. The number of methoxy groups -OCH3 is 1. The highest BCUT2D eigenvalue weighted by Gasteiger charge is 2.35. The Bertz CT molecular complexity index is 795. The molecule has 1 amide bonds. The monoisotopic (exact) mass is 423 g/mol. The van der Waals surface area contributed by atoms with Crippen LogP contribution in [0.4, 0.5) is 4.79 Å². The number of carboxylic acids is 1. The van der Waals surface area contributed by atoms with Gasteiger partial charge in [0.1, 0.15) is 5.75 Å². The average molecular weight is 424 g/mol. The number of amides is 1. The summed E-state index contributed by atoms with van der Waals surface area (Å²) in [5.74, 6) is -0.219. The van der Waals surface area contributed by atoms with Crippen LogP contribution in [0.2, 0.25) is 0 Å². The van der Waals surface area contributed by atoms with Gasteiger partial charge in [-0.15, -0.1) is 0 Å². The molecule has 0 spiro atoms. The van der Waals surface area contributed by atoms with E-state index in [1.165, 1.54) is 0 Å². The lowest BCUT2D eigenvalue weighted by molar-refractivity contribution is -0.143. The minimum absolute atomic E-state index is 0.0115. The third-order valence-electron chi connectivity index (χ3n) is 4.36. The summed E-state index contributed by atoms with van der Waals surface area (Å²) in [5, 5.41) is 14.8. The Balaban J connectivity index is 2.18. The molecule has 7 heteroatoms. The van der Waals surface area contributed by atoms with Crippen molar-refractivity contribution in [2.24, 2.45) is 0 Å². The van der Waals surface area contributed by atoms with Crippen molar-refractivity contribution in [3.05, 3.63) is 42.0 Å². The maximum Gasteiger partial charge on any atom is 0.407 e. The first-order chi connectivity index (χ1) is 12.4. The molecule has 2 rings (SSSR count). The van der Waals surface area contributed by atoms with Crippen LogP contribution in [0.5, 0.6) is 5.75 Å². The van der Waals surface area contributed by atoms with Crippen molar-refractivity contribution in [2.45, 2.75) is 18.8 Å². The zero-order valence-corrected chi connectivity index (χ0v) is 16.3. The highest BCUT2D eigenvalue weighted by atomic mass is 79.9. The number of rotatable bonds is 8. The molecule has 26 heavy (non-hydrogen) atoms. The minimum Gasteiger partial charge on any atom is -0.497 e. The molecule has 2 aromatic carbocycles. The standard InChI is InChI=1S/C19H22BrNO5/c1-19(17(22)23,7-10-26-18(24)21-9-8-20)15-5-3-14-12-16(25-2)6-4-13(14)11-15/h3-6,11-12H,7-10H2,1-2H3,(H,21,24)(H,22,23)/t19-/m0/s1. The Morgan fingerprint density at radius 3 is 2.54 bits per heavy atom. The number of aliphatic carboxylic acids is 1. The van der Waals surface area contributed by atoms with Gasteiger partial charge in [-0.05, 0) is 35.4 Å². The predicted octanol–water partition coefficient (Wildman–Crippen LogP) is 3.70. The lowest BCUT2D eigenvalue weighted by Crippen LogP contribution is -2.35. The van der Waals surface area contributed by atoms with Gasteiger partial charge in [0.25, 0.3) is 0 Å². The molecule has 2 N–H and O–H groups in total. The Hall–Kier alpha value is -2.28. The van der Waals surface area contributed by atoms with Gasteiger partial charge in [0, 0.05) is 18.3 Å². The third-order valence-corrected chi connectivity index (χ3v) is 4.75. The highest BCUT2D eigenvalue weighted by molar-refractivity contribution is 9.09. The SMILES string of the molecule is COc1ccc2cc([C@](C)(CCOC(=O)NCCBr)C(=O)O)ccc2c1. The molecule has 0 heterocycles. The number of carbonyl (C=O) groups is 2. The second-order valence-corrected chi connectivity index (χ2v) is 6.86. The van der Waals surface area contributed by atoms with Crippen molar-refractivity contribution in [3.63, 3.8) is 0 Å². The molecule has 6 nitrogen and oxygen atoms in total. The molecular weight excluding hydrogens is 402 g/mol. The van der Waals surface area contributed by atoms with Crippen molar-refractivity contribution < 1.29 is 24.2 Å². The van der Waals surface area contributed by atoms with E-state index in [1.54, 1.807) is 20.1 Å². The van der Waals surface area contributed by atoms with E-state index >= 15 is 0 Å². The Kier molecular flexibility index (Phi) is 6.85. The number of benzene rings is 2. The summed E-state index contributed by atoms with van der Waals surface area (Å²) in [6.07, 6.45) is -0.381. The Morgan fingerprint density at radius 2 is 1.88 bits per heavy atom. The molecule has 0 aromatic heterocycles. The summed E-state index contributed by atoms with van der Waals surface area (Å²) in [5.41, 5.74) is -0.503. The van der Waals surface area contributed by atoms with Crippen LogP contribution < -0.4 is 10.1 Å². The van der Waals surface area contributed by atoms with E-state index in [2.05, 4.69) is 21.2 Å². The van der Waals surface area contributed by atoms with Gasteiger partial charge in [0.15, 0.2) is 0 Å². The quantitative estimate of drug-likeness (QED) is 0.632. The molecule has 140 valence electrons. The number of carboxylic acid groups (broad SMARTS) is 1. The lowest BCUT2D eigenvalue weighted by atomic mass is 9.79. The maximum absolute atomic E-state index is 11.9. The molecule has 0 aliphatic heterocycles. The van der Waals surface area contributed by atoms with E-state index in [0.717, 1.165) is 16.5 Å². The van der Waals surface area contributed by atoms with Gasteiger partial charge in [-0.2, -0.15) is 0 Å². The summed E-state index contributed by atoms with van der Waals surface area (Å²) < 4.78 is 10.3. The number of fused-ring (bicyclic) bond motifs is 1. The first-order valence-electron chi connectivity index (χ1n) is 8.19. The Morgan fingerprint density at radius 1 is 1.19 bits per heavy atom. The van der Waals surface area contributed by atoms with Gasteiger partial charge < -0.3 is 19.9 Å². The second kappa shape index (κ2) is 8.89. The molecule has 0 saturated carbocycles. The fourth-order valence-corrected chi connectivity index (χ4v) is 2.82. The highest BCUT2D eigenvalue weighted by Crippen LogP contribution is 2.31. The van der Waals surface area contributed by atoms with Crippen LogP contribution in [0.15, 0.2) is 36.4 Å². The molecule has 0 bridgehead atoms. The van der Waals surface area contributed by atoms with Crippen LogP contribution in [-0.4, -0.2) is 42.8 Å². The predicted molar refractivity (Wildman–Crippen MR) is 103 cm³/mol. The zero-order chi connectivity index (χ0) is 19.2. The van der Waals surface area contributed by atoms with Crippen molar-refractivity contribution >= 4 is 38.8 Å². The largest absolute Gasteiger partial charge is 0.497 e. The molecule has 0 aliphatic rings. The van der Waals surface area contributed by atoms with E-state index in [-0.39, 0.29) is 13.0 Å². The van der Waals surface area contributed by atoms with Gasteiger partial charge >= 0.3 is 12.1 Å². The van der Waals surface area contributed by atoms with E-state index in [1.807, 2.05) is 30.3 Å². The summed E-state index contributed by atoms with van der Waals surface area (Å²) in [7, 11) is 1.60. The second-order valence-electron chi connectivity index (χ2n) is 6.07. The number of halogens is 1. The molecule has 0 fully saturated rings. The van der Waals surface area contributed by atoms with Crippen LogP contribution in [0.25, 0.3) is 10.8 Å².